The van der Waals surface area contributed by atoms with Crippen LogP contribution in [0.2, 0.25) is 5.02 Å². The Morgan fingerprint density at radius 1 is 0.900 bits per heavy atom. The number of piperazine rings is 1. The van der Waals surface area contributed by atoms with E-state index >= 15 is 0 Å². The average Bonchev–Trinajstić information content (AvgIpc) is 3.42. The third kappa shape index (κ3) is 3.80. The lowest BCUT2D eigenvalue weighted by Crippen LogP contribution is -2.48. The van der Waals surface area contributed by atoms with E-state index in [-0.39, 0.29) is 5.91 Å². The third-order valence-electron chi connectivity index (χ3n) is 6.31. The molecule has 156 valence electrons. The number of likely N-dealkylation sites (tertiary alicyclic amines) is 1. The molecule has 5 rings (SSSR count). The van der Waals surface area contributed by atoms with E-state index in [1.807, 2.05) is 29.2 Å². The van der Waals surface area contributed by atoms with Crippen molar-refractivity contribution in [3.63, 3.8) is 0 Å². The van der Waals surface area contributed by atoms with Gasteiger partial charge in [-0.2, -0.15) is 0 Å². The molecule has 0 N–H and O–H groups in total. The predicted octanol–water partition coefficient (Wildman–Crippen LogP) is 4.31. The Bertz CT molecular complexity index is 1050. The number of para-hydroxylation sites is 1. The molecular formula is C24H27ClN4O. The quantitative estimate of drug-likeness (QED) is 0.627. The highest BCUT2D eigenvalue weighted by Crippen LogP contribution is 2.26. The first kappa shape index (κ1) is 19.5. The van der Waals surface area contributed by atoms with Crippen LogP contribution in [0, 0.1) is 0 Å². The van der Waals surface area contributed by atoms with E-state index in [2.05, 4.69) is 44.8 Å². The van der Waals surface area contributed by atoms with Crippen molar-refractivity contribution >= 4 is 34.1 Å². The van der Waals surface area contributed by atoms with Gasteiger partial charge in [-0.1, -0.05) is 35.9 Å². The second-order valence-electron chi connectivity index (χ2n) is 8.26. The maximum absolute atomic E-state index is 13.4. The standard InChI is InChI=1S/C24H27ClN4O/c25-19-6-5-7-20(16-19)27-12-14-28(15-13-27)24(30)22-17-29(18-26-10-3-4-11-26)23-9-2-1-8-21(22)23/h1-2,5-9,16-17H,3-4,10-15,18H2. The Hall–Kier alpha value is -2.50. The molecule has 3 aromatic rings. The monoisotopic (exact) mass is 422 g/mol. The lowest BCUT2D eigenvalue weighted by atomic mass is 10.1. The van der Waals surface area contributed by atoms with Crippen LogP contribution in [0.15, 0.2) is 54.7 Å². The zero-order valence-electron chi connectivity index (χ0n) is 17.1. The van der Waals surface area contributed by atoms with Crippen molar-refractivity contribution in [1.82, 2.24) is 14.4 Å². The summed E-state index contributed by atoms with van der Waals surface area (Å²) in [7, 11) is 0. The van der Waals surface area contributed by atoms with Gasteiger partial charge in [0.05, 0.1) is 12.2 Å². The number of halogens is 1. The van der Waals surface area contributed by atoms with Crippen LogP contribution in [0.5, 0.6) is 0 Å². The van der Waals surface area contributed by atoms with Gasteiger partial charge in [-0.25, -0.2) is 0 Å². The van der Waals surface area contributed by atoms with Crippen LogP contribution in [-0.4, -0.2) is 59.5 Å². The van der Waals surface area contributed by atoms with Gasteiger partial charge in [0.15, 0.2) is 0 Å². The number of rotatable bonds is 4. The molecular weight excluding hydrogens is 396 g/mol. The van der Waals surface area contributed by atoms with Crippen molar-refractivity contribution in [2.24, 2.45) is 0 Å². The number of carbonyl (C=O) groups excluding carboxylic acids is 1. The number of hydrogen-bond donors (Lipinski definition) is 0. The summed E-state index contributed by atoms with van der Waals surface area (Å²) >= 11 is 6.14. The first-order valence-electron chi connectivity index (χ1n) is 10.8. The van der Waals surface area contributed by atoms with Crippen LogP contribution >= 0.6 is 11.6 Å². The molecule has 0 unspecified atom stereocenters. The van der Waals surface area contributed by atoms with Crippen molar-refractivity contribution in [2.75, 3.05) is 44.2 Å². The smallest absolute Gasteiger partial charge is 0.256 e. The van der Waals surface area contributed by atoms with Crippen molar-refractivity contribution in [2.45, 2.75) is 19.5 Å². The molecule has 2 aliphatic heterocycles. The fourth-order valence-electron chi connectivity index (χ4n) is 4.68. The zero-order chi connectivity index (χ0) is 20.5. The second kappa shape index (κ2) is 8.32. The summed E-state index contributed by atoms with van der Waals surface area (Å²) < 4.78 is 2.25. The molecule has 0 atom stereocenters. The highest BCUT2D eigenvalue weighted by atomic mass is 35.5. The number of carbonyl (C=O) groups is 1. The molecule has 2 saturated heterocycles. The van der Waals surface area contributed by atoms with Crippen LogP contribution in [-0.2, 0) is 6.67 Å². The molecule has 2 aromatic carbocycles. The van der Waals surface area contributed by atoms with Gasteiger partial charge in [0, 0.05) is 54.0 Å². The summed E-state index contributed by atoms with van der Waals surface area (Å²) in [6.07, 6.45) is 4.60. The number of hydrogen-bond acceptors (Lipinski definition) is 3. The summed E-state index contributed by atoms with van der Waals surface area (Å²) in [5.41, 5.74) is 3.09. The van der Waals surface area contributed by atoms with Gasteiger partial charge in [0.1, 0.15) is 0 Å². The SMILES string of the molecule is O=C(c1cn(CN2CCCC2)c2ccccc12)N1CCN(c2cccc(Cl)c2)CC1. The Morgan fingerprint density at radius 2 is 1.67 bits per heavy atom. The highest BCUT2D eigenvalue weighted by Gasteiger charge is 2.25. The number of fused-ring (bicyclic) bond motifs is 1. The Kier molecular flexibility index (Phi) is 5.40. The second-order valence-corrected chi connectivity index (χ2v) is 8.69. The number of nitrogens with zero attached hydrogens (tertiary/aromatic N) is 4. The number of aromatic nitrogens is 1. The summed E-state index contributed by atoms with van der Waals surface area (Å²) in [6.45, 7) is 6.21. The lowest BCUT2D eigenvalue weighted by molar-refractivity contribution is 0.0748. The molecule has 1 amide bonds. The van der Waals surface area contributed by atoms with E-state index in [4.69, 9.17) is 11.6 Å². The average molecular weight is 423 g/mol. The molecule has 6 heteroatoms. The molecule has 0 bridgehead atoms. The van der Waals surface area contributed by atoms with Gasteiger partial charge in [-0.15, -0.1) is 0 Å². The minimum absolute atomic E-state index is 0.136. The summed E-state index contributed by atoms with van der Waals surface area (Å²) in [6, 6.07) is 16.2. The fraction of sp³-hybridized carbons (Fsp3) is 0.375. The van der Waals surface area contributed by atoms with E-state index in [9.17, 15) is 4.79 Å². The largest absolute Gasteiger partial charge is 0.368 e. The normalized spacial score (nSPS) is 17.8. The molecule has 30 heavy (non-hydrogen) atoms. The van der Waals surface area contributed by atoms with Gasteiger partial charge in [0.25, 0.3) is 5.91 Å². The Labute approximate surface area is 182 Å². The van der Waals surface area contributed by atoms with Crippen LogP contribution in [0.3, 0.4) is 0 Å². The van der Waals surface area contributed by atoms with Gasteiger partial charge < -0.3 is 14.4 Å². The first-order chi connectivity index (χ1) is 14.7. The number of amides is 1. The topological polar surface area (TPSA) is 31.7 Å². The van der Waals surface area contributed by atoms with Crippen LogP contribution in [0.25, 0.3) is 10.9 Å². The third-order valence-corrected chi connectivity index (χ3v) is 6.55. The molecule has 0 aliphatic carbocycles. The van der Waals surface area contributed by atoms with Crippen molar-refractivity contribution in [1.29, 1.82) is 0 Å². The van der Waals surface area contributed by atoms with E-state index in [0.29, 0.717) is 0 Å². The Morgan fingerprint density at radius 3 is 2.43 bits per heavy atom. The predicted molar refractivity (Wildman–Crippen MR) is 122 cm³/mol. The minimum atomic E-state index is 0.136. The number of benzene rings is 2. The molecule has 2 aliphatic rings. The molecule has 5 nitrogen and oxygen atoms in total. The van der Waals surface area contributed by atoms with Crippen molar-refractivity contribution in [3.8, 4) is 0 Å². The summed E-state index contributed by atoms with van der Waals surface area (Å²) in [5.74, 6) is 0.136. The summed E-state index contributed by atoms with van der Waals surface area (Å²) in [5, 5.41) is 1.80. The van der Waals surface area contributed by atoms with Gasteiger partial charge in [-0.3, -0.25) is 9.69 Å². The van der Waals surface area contributed by atoms with Gasteiger partial charge in [0.2, 0.25) is 0 Å². The fourth-order valence-corrected chi connectivity index (χ4v) is 4.87. The molecule has 3 heterocycles. The molecule has 0 saturated carbocycles. The lowest BCUT2D eigenvalue weighted by Gasteiger charge is -2.36. The van der Waals surface area contributed by atoms with Gasteiger partial charge in [-0.05, 0) is 50.2 Å². The summed E-state index contributed by atoms with van der Waals surface area (Å²) in [4.78, 5) is 20.2. The van der Waals surface area contributed by atoms with E-state index in [1.54, 1.807) is 0 Å². The Balaban J connectivity index is 1.34. The molecule has 0 radical (unpaired) electrons. The van der Waals surface area contributed by atoms with Crippen LogP contribution in [0.4, 0.5) is 5.69 Å². The van der Waals surface area contributed by atoms with Crippen molar-refractivity contribution in [3.05, 3.63) is 65.3 Å². The molecule has 1 aromatic heterocycles. The minimum Gasteiger partial charge on any atom is -0.368 e. The molecule has 0 spiro atoms. The van der Waals surface area contributed by atoms with E-state index < -0.39 is 0 Å². The molecule has 2 fully saturated rings. The highest BCUT2D eigenvalue weighted by molar-refractivity contribution is 6.30. The number of anilines is 1. The van der Waals surface area contributed by atoms with E-state index in [0.717, 1.165) is 73.1 Å². The van der Waals surface area contributed by atoms with Crippen LogP contribution in [0.1, 0.15) is 23.2 Å². The van der Waals surface area contributed by atoms with Crippen molar-refractivity contribution < 1.29 is 4.79 Å². The van der Waals surface area contributed by atoms with Gasteiger partial charge >= 0.3 is 0 Å². The first-order valence-corrected chi connectivity index (χ1v) is 11.2. The van der Waals surface area contributed by atoms with Crippen LogP contribution < -0.4 is 4.90 Å². The zero-order valence-corrected chi connectivity index (χ0v) is 17.9. The maximum atomic E-state index is 13.4. The van der Waals surface area contributed by atoms with E-state index in [1.165, 1.54) is 12.8 Å². The maximum Gasteiger partial charge on any atom is 0.256 e.